The molecule has 0 bridgehead atoms. The van der Waals surface area contributed by atoms with E-state index in [0.29, 0.717) is 0 Å². The summed E-state index contributed by atoms with van der Waals surface area (Å²) in [7, 11) is -1.26. The number of hydrogen-bond acceptors (Lipinski definition) is 6. The Bertz CT molecular complexity index is 1060. The number of benzene rings is 2. The average Bonchev–Trinajstić information content (AvgIpc) is 2.78. The molecule has 0 radical (unpaired) electrons. The van der Waals surface area contributed by atoms with Crippen molar-refractivity contribution in [3.05, 3.63) is 53.6 Å². The SMILES string of the molecule is COC(=O)c1ccccc1NC(=O)c1ccc(OC)c(S(=O)(=O)NC2CCCCC2)c1. The lowest BCUT2D eigenvalue weighted by Gasteiger charge is -2.23. The highest BCUT2D eigenvalue weighted by Gasteiger charge is 2.26. The first-order valence-corrected chi connectivity index (χ1v) is 11.5. The molecular weight excluding hydrogens is 420 g/mol. The Kier molecular flexibility index (Phi) is 7.29. The van der Waals surface area contributed by atoms with Gasteiger partial charge in [-0.3, -0.25) is 4.79 Å². The summed E-state index contributed by atoms with van der Waals surface area (Å²) in [4.78, 5) is 24.7. The summed E-state index contributed by atoms with van der Waals surface area (Å²) < 4.78 is 38.7. The molecule has 0 aromatic heterocycles. The molecular formula is C22H26N2O6S. The third-order valence-electron chi connectivity index (χ3n) is 5.22. The van der Waals surface area contributed by atoms with Crippen LogP contribution in [0.25, 0.3) is 0 Å². The van der Waals surface area contributed by atoms with Crippen molar-refractivity contribution in [1.82, 2.24) is 4.72 Å². The van der Waals surface area contributed by atoms with Crippen LogP contribution in [0.2, 0.25) is 0 Å². The molecule has 0 spiro atoms. The van der Waals surface area contributed by atoms with Crippen LogP contribution in [0.3, 0.4) is 0 Å². The first-order chi connectivity index (χ1) is 14.9. The van der Waals surface area contributed by atoms with E-state index in [1.54, 1.807) is 18.2 Å². The minimum atomic E-state index is -3.89. The van der Waals surface area contributed by atoms with Crippen LogP contribution in [0, 0.1) is 0 Å². The van der Waals surface area contributed by atoms with Gasteiger partial charge in [-0.25, -0.2) is 17.9 Å². The van der Waals surface area contributed by atoms with Gasteiger partial charge in [0.05, 0.1) is 25.5 Å². The molecule has 1 saturated carbocycles. The zero-order valence-electron chi connectivity index (χ0n) is 17.5. The molecule has 0 aliphatic heterocycles. The number of hydrogen-bond donors (Lipinski definition) is 2. The molecule has 3 rings (SSSR count). The van der Waals surface area contributed by atoms with Crippen LogP contribution in [-0.4, -0.2) is 40.6 Å². The smallest absolute Gasteiger partial charge is 0.339 e. The van der Waals surface area contributed by atoms with Crippen molar-refractivity contribution in [3.8, 4) is 5.75 Å². The molecule has 1 amide bonds. The molecule has 0 atom stereocenters. The van der Waals surface area contributed by atoms with E-state index in [9.17, 15) is 18.0 Å². The molecule has 1 aliphatic carbocycles. The zero-order valence-corrected chi connectivity index (χ0v) is 18.3. The van der Waals surface area contributed by atoms with Gasteiger partial charge < -0.3 is 14.8 Å². The zero-order chi connectivity index (χ0) is 22.4. The number of nitrogens with one attached hydrogen (secondary N) is 2. The predicted molar refractivity (Wildman–Crippen MR) is 116 cm³/mol. The molecule has 0 unspecified atom stereocenters. The second-order valence-corrected chi connectivity index (χ2v) is 9.00. The van der Waals surface area contributed by atoms with Gasteiger partial charge in [0.15, 0.2) is 0 Å². The highest BCUT2D eigenvalue weighted by Crippen LogP contribution is 2.27. The van der Waals surface area contributed by atoms with E-state index in [4.69, 9.17) is 9.47 Å². The van der Waals surface area contributed by atoms with Gasteiger partial charge in [0.1, 0.15) is 10.6 Å². The van der Waals surface area contributed by atoms with Gasteiger partial charge in [-0.1, -0.05) is 31.4 Å². The fraction of sp³-hybridized carbons (Fsp3) is 0.364. The van der Waals surface area contributed by atoms with Crippen LogP contribution >= 0.6 is 0 Å². The Labute approximate surface area is 182 Å². The summed E-state index contributed by atoms with van der Waals surface area (Å²) >= 11 is 0. The third-order valence-corrected chi connectivity index (χ3v) is 6.76. The fourth-order valence-electron chi connectivity index (χ4n) is 3.61. The number of esters is 1. The molecule has 9 heteroatoms. The molecule has 1 aliphatic rings. The maximum Gasteiger partial charge on any atom is 0.339 e. The average molecular weight is 447 g/mol. The first-order valence-electron chi connectivity index (χ1n) is 10.0. The minimum absolute atomic E-state index is 0.102. The van der Waals surface area contributed by atoms with E-state index in [1.807, 2.05) is 0 Å². The summed E-state index contributed by atoms with van der Waals surface area (Å²) in [6.07, 6.45) is 4.63. The lowest BCUT2D eigenvalue weighted by molar-refractivity contribution is 0.0602. The topological polar surface area (TPSA) is 111 Å². The highest BCUT2D eigenvalue weighted by atomic mass is 32.2. The standard InChI is InChI=1S/C22H26N2O6S/c1-29-19-13-12-15(14-20(19)31(27,28)24-16-8-4-3-5-9-16)21(25)23-18-11-7-6-10-17(18)22(26)30-2/h6-7,10-14,16,24H,3-5,8-9H2,1-2H3,(H,23,25). The molecule has 2 N–H and O–H groups in total. The highest BCUT2D eigenvalue weighted by molar-refractivity contribution is 7.89. The molecule has 31 heavy (non-hydrogen) atoms. The van der Waals surface area contributed by atoms with Crippen molar-refractivity contribution in [2.24, 2.45) is 0 Å². The monoisotopic (exact) mass is 446 g/mol. The first kappa shape index (κ1) is 22.8. The number of methoxy groups -OCH3 is 2. The van der Waals surface area contributed by atoms with Gasteiger partial charge in [0.25, 0.3) is 5.91 Å². The molecule has 166 valence electrons. The van der Waals surface area contributed by atoms with E-state index in [0.717, 1.165) is 32.1 Å². The quantitative estimate of drug-likeness (QED) is 0.631. The van der Waals surface area contributed by atoms with E-state index in [2.05, 4.69) is 10.0 Å². The fourth-order valence-corrected chi connectivity index (χ4v) is 5.11. The Hall–Kier alpha value is -2.91. The minimum Gasteiger partial charge on any atom is -0.495 e. The van der Waals surface area contributed by atoms with Crippen LogP contribution in [-0.2, 0) is 14.8 Å². The number of sulfonamides is 1. The van der Waals surface area contributed by atoms with Crippen LogP contribution in [0.1, 0.15) is 52.8 Å². The summed E-state index contributed by atoms with van der Waals surface area (Å²) in [6.45, 7) is 0. The number of amides is 1. The van der Waals surface area contributed by atoms with Crippen LogP contribution < -0.4 is 14.8 Å². The van der Waals surface area contributed by atoms with Gasteiger partial charge in [-0.2, -0.15) is 0 Å². The van der Waals surface area contributed by atoms with Crippen molar-refractivity contribution >= 4 is 27.6 Å². The second kappa shape index (κ2) is 9.93. The summed E-state index contributed by atoms with van der Waals surface area (Å²) in [6, 6.07) is 10.5. The van der Waals surface area contributed by atoms with Gasteiger partial charge in [-0.15, -0.1) is 0 Å². The Morgan fingerprint density at radius 1 is 1.00 bits per heavy atom. The van der Waals surface area contributed by atoms with Crippen molar-refractivity contribution in [2.45, 2.75) is 43.0 Å². The maximum absolute atomic E-state index is 13.0. The predicted octanol–water partition coefficient (Wildman–Crippen LogP) is 3.35. The number of para-hydroxylation sites is 1. The van der Waals surface area contributed by atoms with E-state index >= 15 is 0 Å². The van der Waals surface area contributed by atoms with Crippen molar-refractivity contribution in [3.63, 3.8) is 0 Å². The molecule has 0 saturated heterocycles. The molecule has 2 aromatic rings. The van der Waals surface area contributed by atoms with Crippen LogP contribution in [0.15, 0.2) is 47.4 Å². The molecule has 2 aromatic carbocycles. The van der Waals surface area contributed by atoms with E-state index < -0.39 is 21.9 Å². The summed E-state index contributed by atoms with van der Waals surface area (Å²) in [5, 5.41) is 2.64. The van der Waals surface area contributed by atoms with Gasteiger partial charge >= 0.3 is 5.97 Å². The molecule has 1 fully saturated rings. The van der Waals surface area contributed by atoms with Crippen LogP contribution in [0.4, 0.5) is 5.69 Å². The second-order valence-electron chi connectivity index (χ2n) is 7.31. The number of carbonyl (C=O) groups excluding carboxylic acids is 2. The van der Waals surface area contributed by atoms with E-state index in [-0.39, 0.29) is 33.5 Å². The van der Waals surface area contributed by atoms with Gasteiger partial charge in [-0.05, 0) is 43.2 Å². The number of rotatable bonds is 7. The van der Waals surface area contributed by atoms with Crippen molar-refractivity contribution in [1.29, 1.82) is 0 Å². The molecule has 8 nitrogen and oxygen atoms in total. The summed E-state index contributed by atoms with van der Waals surface area (Å²) in [5.74, 6) is -1.01. The van der Waals surface area contributed by atoms with Crippen molar-refractivity contribution in [2.75, 3.05) is 19.5 Å². The van der Waals surface area contributed by atoms with Gasteiger partial charge in [0, 0.05) is 11.6 Å². The molecule has 0 heterocycles. The van der Waals surface area contributed by atoms with Crippen molar-refractivity contribution < 1.29 is 27.5 Å². The Morgan fingerprint density at radius 3 is 2.39 bits per heavy atom. The maximum atomic E-state index is 13.0. The lowest BCUT2D eigenvalue weighted by Crippen LogP contribution is -2.36. The normalized spacial score (nSPS) is 14.6. The summed E-state index contributed by atoms with van der Waals surface area (Å²) in [5.41, 5.74) is 0.572. The Morgan fingerprint density at radius 2 is 1.71 bits per heavy atom. The van der Waals surface area contributed by atoms with Crippen LogP contribution in [0.5, 0.6) is 5.75 Å². The number of anilines is 1. The van der Waals surface area contributed by atoms with E-state index in [1.165, 1.54) is 38.5 Å². The number of ether oxygens (including phenoxy) is 2. The van der Waals surface area contributed by atoms with Gasteiger partial charge in [0.2, 0.25) is 10.0 Å². The third kappa shape index (κ3) is 5.42. The largest absolute Gasteiger partial charge is 0.495 e. The lowest BCUT2D eigenvalue weighted by atomic mass is 9.96. The Balaban J connectivity index is 1.88. The number of carbonyl (C=O) groups is 2.